The van der Waals surface area contributed by atoms with Gasteiger partial charge in [-0.2, -0.15) is 0 Å². The van der Waals surface area contributed by atoms with Crippen LogP contribution in [0.15, 0.2) is 83.6 Å². The molecule has 4 nitrogen and oxygen atoms in total. The summed E-state index contributed by atoms with van der Waals surface area (Å²) in [6.07, 6.45) is 0. The number of fused-ring (bicyclic) bond motifs is 2. The number of H-pyrrole nitrogens is 3. The van der Waals surface area contributed by atoms with Gasteiger partial charge in [-0.3, -0.25) is 4.79 Å². The quantitative estimate of drug-likeness (QED) is 0.163. The van der Waals surface area contributed by atoms with Gasteiger partial charge in [0.15, 0.2) is 5.78 Å². The molecular formula is C35H31N3OS2. The first-order chi connectivity index (χ1) is 19.9. The molecule has 0 spiro atoms. The number of nitrogens with one attached hydrogen (secondary N) is 3. The molecule has 0 aliphatic heterocycles. The summed E-state index contributed by atoms with van der Waals surface area (Å²) in [6.45, 7) is 7.83. The molecule has 2 atom stereocenters. The number of hydrogen-bond donors (Lipinski definition) is 3. The van der Waals surface area contributed by atoms with Gasteiger partial charge >= 0.3 is 0 Å². The number of aryl methyl sites for hydroxylation is 2. The fourth-order valence-corrected chi connectivity index (χ4v) is 8.45. The molecule has 6 heteroatoms. The van der Waals surface area contributed by atoms with Gasteiger partial charge in [-0.15, -0.1) is 22.7 Å². The van der Waals surface area contributed by atoms with Crippen LogP contribution in [-0.4, -0.2) is 20.7 Å². The minimum atomic E-state index is -0.0723. The van der Waals surface area contributed by atoms with Gasteiger partial charge in [0, 0.05) is 49.1 Å². The highest BCUT2D eigenvalue weighted by molar-refractivity contribution is 7.17. The molecule has 0 amide bonds. The maximum absolute atomic E-state index is 12.6. The molecule has 0 bridgehead atoms. The zero-order valence-electron chi connectivity index (χ0n) is 23.5. The fourth-order valence-electron chi connectivity index (χ4n) is 6.48. The predicted molar refractivity (Wildman–Crippen MR) is 172 cm³/mol. The van der Waals surface area contributed by atoms with Crippen molar-refractivity contribution in [3.63, 3.8) is 0 Å². The van der Waals surface area contributed by atoms with Crippen molar-refractivity contribution in [1.29, 1.82) is 0 Å². The summed E-state index contributed by atoms with van der Waals surface area (Å²) in [5.41, 5.74) is 10.9. The van der Waals surface area contributed by atoms with Gasteiger partial charge in [0.2, 0.25) is 0 Å². The number of carbonyl (C=O) groups excluding carboxylic acids is 1. The lowest BCUT2D eigenvalue weighted by atomic mass is 9.89. The van der Waals surface area contributed by atoms with E-state index in [1.807, 2.05) is 6.92 Å². The summed E-state index contributed by atoms with van der Waals surface area (Å²) in [7, 11) is 0. The van der Waals surface area contributed by atoms with Gasteiger partial charge in [0.1, 0.15) is 0 Å². The molecule has 0 fully saturated rings. The Hall–Kier alpha value is -4.13. The Kier molecular flexibility index (Phi) is 6.33. The van der Waals surface area contributed by atoms with E-state index >= 15 is 0 Å². The summed E-state index contributed by atoms with van der Waals surface area (Å²) in [4.78, 5) is 23.8. The third-order valence-corrected chi connectivity index (χ3v) is 10.2. The lowest BCUT2D eigenvalue weighted by molar-refractivity contribution is 0.101. The maximum Gasteiger partial charge on any atom is 0.161 e. The molecule has 3 N–H and O–H groups in total. The second kappa shape index (κ2) is 10.1. The van der Waals surface area contributed by atoms with E-state index in [-0.39, 0.29) is 17.6 Å². The molecule has 0 aliphatic rings. The van der Waals surface area contributed by atoms with Crippen molar-refractivity contribution in [2.75, 3.05) is 0 Å². The number of carbonyl (C=O) groups is 1. The number of ketones is 1. The topological polar surface area (TPSA) is 64.4 Å². The van der Waals surface area contributed by atoms with Crippen LogP contribution in [-0.2, 0) is 0 Å². The van der Waals surface area contributed by atoms with E-state index in [4.69, 9.17) is 0 Å². The second-order valence-electron chi connectivity index (χ2n) is 10.9. The van der Waals surface area contributed by atoms with E-state index in [9.17, 15) is 4.79 Å². The van der Waals surface area contributed by atoms with Crippen LogP contribution in [0.3, 0.4) is 0 Å². The monoisotopic (exact) mass is 573 g/mol. The highest BCUT2D eigenvalue weighted by atomic mass is 32.1. The zero-order valence-corrected chi connectivity index (χ0v) is 25.1. The van der Waals surface area contributed by atoms with E-state index in [2.05, 4.69) is 112 Å². The number of hydrogen-bond acceptors (Lipinski definition) is 3. The Bertz CT molecular complexity index is 2050. The molecule has 5 heterocycles. The van der Waals surface area contributed by atoms with Gasteiger partial charge < -0.3 is 15.0 Å². The van der Waals surface area contributed by atoms with Crippen LogP contribution in [0.1, 0.15) is 80.0 Å². The molecule has 0 aliphatic carbocycles. The number of aromatic amines is 3. The number of aromatic nitrogens is 3. The molecule has 0 radical (unpaired) electrons. The van der Waals surface area contributed by atoms with Gasteiger partial charge in [-0.1, -0.05) is 36.4 Å². The van der Waals surface area contributed by atoms with Gasteiger partial charge in [0.05, 0.1) is 11.8 Å². The molecule has 5 aromatic heterocycles. The zero-order chi connectivity index (χ0) is 28.2. The number of benzene rings is 2. The minimum absolute atomic E-state index is 0.0349. The van der Waals surface area contributed by atoms with Crippen LogP contribution in [0, 0.1) is 20.8 Å². The smallest absolute Gasteiger partial charge is 0.161 e. The van der Waals surface area contributed by atoms with E-state index in [0.29, 0.717) is 0 Å². The lowest BCUT2D eigenvalue weighted by Crippen LogP contribution is -2.08. The lowest BCUT2D eigenvalue weighted by Gasteiger charge is -2.18. The van der Waals surface area contributed by atoms with Crippen molar-refractivity contribution in [3.8, 4) is 0 Å². The van der Waals surface area contributed by atoms with Gasteiger partial charge in [-0.25, -0.2) is 0 Å². The Morgan fingerprint density at radius 2 is 1.20 bits per heavy atom. The summed E-state index contributed by atoms with van der Waals surface area (Å²) in [5.74, 6) is 0.0554. The fraction of sp³-hybridized carbons (Fsp3) is 0.171. The van der Waals surface area contributed by atoms with Crippen molar-refractivity contribution >= 4 is 48.6 Å². The molecule has 0 saturated carbocycles. The third-order valence-electron chi connectivity index (χ3n) is 8.28. The molecule has 2 unspecified atom stereocenters. The minimum Gasteiger partial charge on any atom is -0.362 e. The maximum atomic E-state index is 12.6. The van der Waals surface area contributed by atoms with Crippen LogP contribution < -0.4 is 0 Å². The normalized spacial score (nSPS) is 13.3. The molecule has 7 aromatic rings. The van der Waals surface area contributed by atoms with Crippen LogP contribution in [0.4, 0.5) is 0 Å². The Morgan fingerprint density at radius 3 is 1.76 bits per heavy atom. The van der Waals surface area contributed by atoms with Crippen LogP contribution in [0.5, 0.6) is 0 Å². The average Bonchev–Trinajstić information content (AvgIpc) is 3.79. The second-order valence-corrected chi connectivity index (χ2v) is 12.7. The number of thiophene rings is 2. The van der Waals surface area contributed by atoms with E-state index < -0.39 is 0 Å². The summed E-state index contributed by atoms with van der Waals surface area (Å²) in [6, 6.07) is 26.1. The standard InChI is InChI=1S/C35H31N3OS2/c1-19-13-14-27(36-19)33(25-17-40-30-11-7-5-9-23(25)30)28-15-16-29(38-28)34(26-18-41-31-12-8-6-10-24(26)31)35-20(2)32(22(4)39)21(3)37-35/h5-18,33-34,36-38H,1-4H3. The molecule has 2 aromatic carbocycles. The van der Waals surface area contributed by atoms with Crippen LogP contribution >= 0.6 is 22.7 Å². The van der Waals surface area contributed by atoms with Crippen molar-refractivity contribution in [2.24, 2.45) is 0 Å². The van der Waals surface area contributed by atoms with Crippen LogP contribution in [0.25, 0.3) is 20.2 Å². The molecule has 204 valence electrons. The van der Waals surface area contributed by atoms with E-state index in [1.54, 1.807) is 29.6 Å². The van der Waals surface area contributed by atoms with Gasteiger partial charge in [0.25, 0.3) is 0 Å². The third kappa shape index (κ3) is 4.30. The SMILES string of the molecule is CC(=O)c1c(C)[nH]c(C(c2ccc(C(c3ccc(C)[nH]3)c3csc4ccccc34)[nH]2)c2csc3ccccc23)c1C. The predicted octanol–water partition coefficient (Wildman–Crippen LogP) is 9.59. The molecule has 41 heavy (non-hydrogen) atoms. The highest BCUT2D eigenvalue weighted by Gasteiger charge is 2.30. The van der Waals surface area contributed by atoms with Crippen molar-refractivity contribution in [3.05, 3.63) is 140 Å². The first-order valence-corrected chi connectivity index (χ1v) is 15.6. The van der Waals surface area contributed by atoms with Crippen molar-refractivity contribution in [1.82, 2.24) is 15.0 Å². The number of rotatable bonds is 7. The Labute approximate surface area is 247 Å². The summed E-state index contributed by atoms with van der Waals surface area (Å²) >= 11 is 3.56. The first-order valence-electron chi connectivity index (χ1n) is 13.9. The Morgan fingerprint density at radius 1 is 0.659 bits per heavy atom. The van der Waals surface area contributed by atoms with Gasteiger partial charge in [-0.05, 0) is 102 Å². The van der Waals surface area contributed by atoms with E-state index in [1.165, 1.54) is 37.0 Å². The Balaban J connectivity index is 1.43. The van der Waals surface area contributed by atoms with Crippen LogP contribution in [0.2, 0.25) is 0 Å². The largest absolute Gasteiger partial charge is 0.362 e. The average molecular weight is 574 g/mol. The van der Waals surface area contributed by atoms with Crippen molar-refractivity contribution < 1.29 is 4.79 Å². The van der Waals surface area contributed by atoms with Crippen molar-refractivity contribution in [2.45, 2.75) is 39.5 Å². The molecular weight excluding hydrogens is 543 g/mol. The number of Topliss-reactive ketones (excluding diaryl/α,β-unsaturated/α-hetero) is 1. The highest BCUT2D eigenvalue weighted by Crippen LogP contribution is 2.43. The molecule has 0 saturated heterocycles. The first kappa shape index (κ1) is 25.8. The van der Waals surface area contributed by atoms with E-state index in [0.717, 1.165) is 39.6 Å². The summed E-state index contributed by atoms with van der Waals surface area (Å²) < 4.78 is 2.55. The molecule has 7 rings (SSSR count). The summed E-state index contributed by atoms with van der Waals surface area (Å²) in [5, 5.41) is 7.10.